The molecule has 1 atom stereocenters. The number of thiazole rings is 1. The van der Waals surface area contributed by atoms with Crippen LogP contribution in [0.2, 0.25) is 0 Å². The van der Waals surface area contributed by atoms with Crippen LogP contribution in [-0.4, -0.2) is 36.0 Å². The van der Waals surface area contributed by atoms with E-state index in [1.165, 1.54) is 4.70 Å². The van der Waals surface area contributed by atoms with Gasteiger partial charge in [-0.15, -0.1) is 11.3 Å². The SMILES string of the molecule is COc1ccccc1NC(=O)CN1CCC[C@H]1c1nc2ccccc2s1. The maximum absolute atomic E-state index is 12.6. The number of amides is 1. The summed E-state index contributed by atoms with van der Waals surface area (Å²) in [7, 11) is 1.61. The Hall–Kier alpha value is -2.44. The number of carbonyl (C=O) groups is 1. The number of anilines is 1. The number of ether oxygens (including phenoxy) is 1. The molecule has 0 unspecified atom stereocenters. The van der Waals surface area contributed by atoms with Crippen LogP contribution >= 0.6 is 11.3 Å². The van der Waals surface area contributed by atoms with E-state index in [0.29, 0.717) is 18.0 Å². The zero-order chi connectivity index (χ0) is 17.9. The highest BCUT2D eigenvalue weighted by atomic mass is 32.1. The summed E-state index contributed by atoms with van der Waals surface area (Å²) in [5.74, 6) is 0.646. The minimum atomic E-state index is -0.0255. The third-order valence-electron chi connectivity index (χ3n) is 4.69. The normalized spacial score (nSPS) is 17.5. The quantitative estimate of drug-likeness (QED) is 0.738. The highest BCUT2D eigenvalue weighted by Crippen LogP contribution is 2.36. The predicted octanol–water partition coefficient (Wildman–Crippen LogP) is 4.08. The van der Waals surface area contributed by atoms with Gasteiger partial charge in [-0.2, -0.15) is 0 Å². The Labute approximate surface area is 156 Å². The Morgan fingerprint density at radius 3 is 2.92 bits per heavy atom. The van der Waals surface area contributed by atoms with E-state index in [0.717, 1.165) is 29.9 Å². The van der Waals surface area contributed by atoms with Crippen molar-refractivity contribution in [3.63, 3.8) is 0 Å². The van der Waals surface area contributed by atoms with Crippen molar-refractivity contribution in [2.24, 2.45) is 0 Å². The Bertz CT molecular complexity index is 891. The highest BCUT2D eigenvalue weighted by molar-refractivity contribution is 7.18. The minimum absolute atomic E-state index is 0.0255. The van der Waals surface area contributed by atoms with E-state index in [-0.39, 0.29) is 11.9 Å². The van der Waals surface area contributed by atoms with Crippen LogP contribution in [0.25, 0.3) is 10.2 Å². The molecule has 0 bridgehead atoms. The lowest BCUT2D eigenvalue weighted by Crippen LogP contribution is -2.33. The number of fused-ring (bicyclic) bond motifs is 1. The zero-order valence-corrected chi connectivity index (χ0v) is 15.5. The van der Waals surface area contributed by atoms with Crippen molar-refractivity contribution < 1.29 is 9.53 Å². The lowest BCUT2D eigenvalue weighted by Gasteiger charge is -2.22. The maximum Gasteiger partial charge on any atom is 0.238 e. The van der Waals surface area contributed by atoms with Crippen LogP contribution in [0.15, 0.2) is 48.5 Å². The van der Waals surface area contributed by atoms with Crippen molar-refractivity contribution in [1.29, 1.82) is 0 Å². The number of methoxy groups -OCH3 is 1. The smallest absolute Gasteiger partial charge is 0.238 e. The number of hydrogen-bond donors (Lipinski definition) is 1. The molecule has 6 heteroatoms. The van der Waals surface area contributed by atoms with Crippen LogP contribution in [0.3, 0.4) is 0 Å². The molecule has 0 spiro atoms. The van der Waals surface area contributed by atoms with E-state index >= 15 is 0 Å². The fourth-order valence-electron chi connectivity index (χ4n) is 3.45. The molecule has 0 radical (unpaired) electrons. The van der Waals surface area contributed by atoms with Crippen LogP contribution in [0.1, 0.15) is 23.9 Å². The fraction of sp³-hybridized carbons (Fsp3) is 0.300. The van der Waals surface area contributed by atoms with Crippen LogP contribution in [-0.2, 0) is 4.79 Å². The van der Waals surface area contributed by atoms with Crippen molar-refractivity contribution >= 4 is 33.1 Å². The van der Waals surface area contributed by atoms with Crippen LogP contribution in [0.5, 0.6) is 5.75 Å². The molecule has 1 saturated heterocycles. The molecular formula is C20H21N3O2S. The summed E-state index contributed by atoms with van der Waals surface area (Å²) < 4.78 is 6.51. The topological polar surface area (TPSA) is 54.5 Å². The highest BCUT2D eigenvalue weighted by Gasteiger charge is 2.30. The number of nitrogens with zero attached hydrogens (tertiary/aromatic N) is 2. The molecule has 4 rings (SSSR count). The monoisotopic (exact) mass is 367 g/mol. The Kier molecular flexibility index (Phi) is 4.86. The largest absolute Gasteiger partial charge is 0.495 e. The molecular weight excluding hydrogens is 346 g/mol. The Balaban J connectivity index is 1.47. The number of nitrogens with one attached hydrogen (secondary N) is 1. The average Bonchev–Trinajstić information content (AvgIpc) is 3.28. The molecule has 1 N–H and O–H groups in total. The first-order chi connectivity index (χ1) is 12.7. The number of rotatable bonds is 5. The van der Waals surface area contributed by atoms with Gasteiger partial charge in [-0.05, 0) is 43.7 Å². The molecule has 1 aliphatic rings. The van der Waals surface area contributed by atoms with Crippen molar-refractivity contribution in [3.8, 4) is 5.75 Å². The molecule has 2 aromatic carbocycles. The van der Waals surface area contributed by atoms with E-state index in [9.17, 15) is 4.79 Å². The molecule has 1 aliphatic heterocycles. The van der Waals surface area contributed by atoms with Crippen molar-refractivity contribution in [1.82, 2.24) is 9.88 Å². The minimum Gasteiger partial charge on any atom is -0.495 e. The van der Waals surface area contributed by atoms with E-state index in [1.807, 2.05) is 42.5 Å². The third kappa shape index (κ3) is 3.43. The van der Waals surface area contributed by atoms with Crippen molar-refractivity contribution in [2.75, 3.05) is 25.5 Å². The molecule has 1 amide bonds. The zero-order valence-electron chi connectivity index (χ0n) is 14.6. The van der Waals surface area contributed by atoms with Crippen molar-refractivity contribution in [3.05, 3.63) is 53.5 Å². The Morgan fingerprint density at radius 1 is 1.27 bits per heavy atom. The van der Waals surface area contributed by atoms with Gasteiger partial charge in [0.05, 0.1) is 35.6 Å². The van der Waals surface area contributed by atoms with E-state index in [2.05, 4.69) is 16.3 Å². The average molecular weight is 367 g/mol. The molecule has 5 nitrogen and oxygen atoms in total. The Morgan fingerprint density at radius 2 is 2.08 bits per heavy atom. The number of carbonyl (C=O) groups excluding carboxylic acids is 1. The predicted molar refractivity (Wildman–Crippen MR) is 105 cm³/mol. The first-order valence-electron chi connectivity index (χ1n) is 8.77. The molecule has 2 heterocycles. The number of likely N-dealkylation sites (tertiary alicyclic amines) is 1. The second kappa shape index (κ2) is 7.43. The first kappa shape index (κ1) is 17.0. The van der Waals surface area contributed by atoms with Gasteiger partial charge in [0.2, 0.25) is 5.91 Å². The number of aromatic nitrogens is 1. The summed E-state index contributed by atoms with van der Waals surface area (Å²) in [6.07, 6.45) is 2.13. The summed E-state index contributed by atoms with van der Waals surface area (Å²) in [6.45, 7) is 1.28. The number of para-hydroxylation sites is 3. The van der Waals surface area contributed by atoms with Gasteiger partial charge < -0.3 is 10.1 Å². The molecule has 1 aromatic heterocycles. The van der Waals surface area contributed by atoms with Gasteiger partial charge in [-0.25, -0.2) is 4.98 Å². The number of hydrogen-bond acceptors (Lipinski definition) is 5. The fourth-order valence-corrected chi connectivity index (χ4v) is 4.59. The van der Waals surface area contributed by atoms with Crippen LogP contribution < -0.4 is 10.1 Å². The van der Waals surface area contributed by atoms with Gasteiger partial charge in [0.1, 0.15) is 10.8 Å². The second-order valence-electron chi connectivity index (χ2n) is 6.40. The van der Waals surface area contributed by atoms with E-state index in [1.54, 1.807) is 18.4 Å². The molecule has 134 valence electrons. The molecule has 0 saturated carbocycles. The molecule has 3 aromatic rings. The summed E-state index contributed by atoms with van der Waals surface area (Å²) in [5, 5.41) is 4.07. The number of benzene rings is 2. The lowest BCUT2D eigenvalue weighted by atomic mass is 10.2. The third-order valence-corrected chi connectivity index (χ3v) is 5.82. The van der Waals surface area contributed by atoms with Gasteiger partial charge in [-0.3, -0.25) is 9.69 Å². The summed E-state index contributed by atoms with van der Waals surface area (Å²) >= 11 is 1.73. The van der Waals surface area contributed by atoms with E-state index in [4.69, 9.17) is 9.72 Å². The summed E-state index contributed by atoms with van der Waals surface area (Å²) in [5.41, 5.74) is 1.74. The van der Waals surface area contributed by atoms with Gasteiger partial charge in [0.25, 0.3) is 0 Å². The van der Waals surface area contributed by atoms with Gasteiger partial charge in [0.15, 0.2) is 0 Å². The van der Waals surface area contributed by atoms with Gasteiger partial charge in [-0.1, -0.05) is 24.3 Å². The van der Waals surface area contributed by atoms with Crippen molar-refractivity contribution in [2.45, 2.75) is 18.9 Å². The first-order valence-corrected chi connectivity index (χ1v) is 9.58. The second-order valence-corrected chi connectivity index (χ2v) is 7.46. The maximum atomic E-state index is 12.6. The standard InChI is InChI=1S/C20H21N3O2S/c1-25-17-10-4-2-7-14(17)21-19(24)13-23-12-6-9-16(23)20-22-15-8-3-5-11-18(15)26-20/h2-5,7-8,10-11,16H,6,9,12-13H2,1H3,(H,21,24)/t16-/m0/s1. The van der Waals surface area contributed by atoms with Gasteiger partial charge >= 0.3 is 0 Å². The summed E-state index contributed by atoms with van der Waals surface area (Å²) in [6, 6.07) is 15.9. The van der Waals surface area contributed by atoms with Crippen LogP contribution in [0.4, 0.5) is 5.69 Å². The molecule has 26 heavy (non-hydrogen) atoms. The molecule has 0 aliphatic carbocycles. The summed E-state index contributed by atoms with van der Waals surface area (Å²) in [4.78, 5) is 19.6. The molecule has 1 fully saturated rings. The van der Waals surface area contributed by atoms with Crippen LogP contribution in [0, 0.1) is 0 Å². The van der Waals surface area contributed by atoms with E-state index < -0.39 is 0 Å². The van der Waals surface area contributed by atoms with Gasteiger partial charge in [0, 0.05) is 0 Å². The lowest BCUT2D eigenvalue weighted by molar-refractivity contribution is -0.117.